The largest absolute Gasteiger partial charge is 0.494 e. The third-order valence-corrected chi connectivity index (χ3v) is 4.35. The first kappa shape index (κ1) is 18.6. The van der Waals surface area contributed by atoms with Gasteiger partial charge in [-0.05, 0) is 41.5 Å². The van der Waals surface area contributed by atoms with Crippen LogP contribution in [0.15, 0.2) is 18.2 Å². The number of tetrazole rings is 1. The number of hydrogen-bond donors (Lipinski definition) is 2. The molecule has 2 aromatic rings. The van der Waals surface area contributed by atoms with Crippen LogP contribution < -0.4 is 15.4 Å². The van der Waals surface area contributed by atoms with Crippen molar-refractivity contribution in [2.24, 2.45) is 0 Å². The summed E-state index contributed by atoms with van der Waals surface area (Å²) in [5, 5.41) is 18.1. The van der Waals surface area contributed by atoms with Gasteiger partial charge in [0, 0.05) is 18.2 Å². The van der Waals surface area contributed by atoms with Gasteiger partial charge in [-0.2, -0.15) is 4.68 Å². The van der Waals surface area contributed by atoms with E-state index >= 15 is 0 Å². The van der Waals surface area contributed by atoms with Gasteiger partial charge in [0.25, 0.3) is 0 Å². The maximum absolute atomic E-state index is 12.4. The van der Waals surface area contributed by atoms with Gasteiger partial charge in [0.15, 0.2) is 5.82 Å². The summed E-state index contributed by atoms with van der Waals surface area (Å²) in [6.45, 7) is 1.66. The second kappa shape index (κ2) is 7.98. The Balaban J connectivity index is 0.00000196. The van der Waals surface area contributed by atoms with Crippen LogP contribution in [0.25, 0.3) is 5.69 Å². The molecule has 1 aromatic carbocycles. The summed E-state index contributed by atoms with van der Waals surface area (Å²) >= 11 is 0. The van der Waals surface area contributed by atoms with Crippen molar-refractivity contribution in [1.82, 2.24) is 25.5 Å². The Labute approximate surface area is 156 Å². The number of nitrogens with one attached hydrogen (secondary N) is 2. The van der Waals surface area contributed by atoms with E-state index in [4.69, 9.17) is 9.47 Å². The minimum Gasteiger partial charge on any atom is -0.494 e. The molecule has 1 amide bonds. The Morgan fingerprint density at radius 3 is 2.96 bits per heavy atom. The highest BCUT2D eigenvalue weighted by Crippen LogP contribution is 2.40. The van der Waals surface area contributed by atoms with Gasteiger partial charge in [-0.3, -0.25) is 4.79 Å². The zero-order valence-corrected chi connectivity index (χ0v) is 15.2. The number of nitrogens with zero attached hydrogens (tertiary/aromatic N) is 4. The van der Waals surface area contributed by atoms with Gasteiger partial charge in [0.1, 0.15) is 17.5 Å². The van der Waals surface area contributed by atoms with Crippen LogP contribution in [0.5, 0.6) is 5.75 Å². The van der Waals surface area contributed by atoms with E-state index in [1.807, 2.05) is 6.07 Å². The normalized spacial score (nSPS) is 19.5. The first-order chi connectivity index (χ1) is 12.3. The molecular formula is C16H21ClN6O3. The van der Waals surface area contributed by atoms with E-state index in [1.165, 1.54) is 0 Å². The third-order valence-electron chi connectivity index (χ3n) is 4.35. The molecule has 1 aromatic heterocycles. The highest BCUT2D eigenvalue weighted by Gasteiger charge is 2.31. The van der Waals surface area contributed by atoms with Crippen LogP contribution in [0.1, 0.15) is 24.6 Å². The molecule has 1 aliphatic heterocycles. The highest BCUT2D eigenvalue weighted by molar-refractivity contribution is 5.95. The number of rotatable bonds is 5. The lowest BCUT2D eigenvalue weighted by molar-refractivity contribution is -0.120. The lowest BCUT2D eigenvalue weighted by atomic mass is 10.2. The van der Waals surface area contributed by atoms with Gasteiger partial charge in [-0.15, -0.1) is 17.5 Å². The minimum atomic E-state index is -0.352. The molecule has 1 unspecified atom stereocenters. The summed E-state index contributed by atoms with van der Waals surface area (Å²) in [6, 6.07) is 5.07. The molecular weight excluding hydrogens is 360 g/mol. The van der Waals surface area contributed by atoms with E-state index < -0.39 is 0 Å². The van der Waals surface area contributed by atoms with Crippen LogP contribution in [-0.2, 0) is 9.53 Å². The van der Waals surface area contributed by atoms with Gasteiger partial charge in [0.05, 0.1) is 20.3 Å². The summed E-state index contributed by atoms with van der Waals surface area (Å²) in [6.07, 6.45) is 2.18. The van der Waals surface area contributed by atoms with Crippen molar-refractivity contribution in [1.29, 1.82) is 0 Å². The number of hydrogen-bond acceptors (Lipinski definition) is 7. The van der Waals surface area contributed by atoms with E-state index in [9.17, 15) is 4.79 Å². The van der Waals surface area contributed by atoms with Crippen molar-refractivity contribution in [3.8, 4) is 11.4 Å². The van der Waals surface area contributed by atoms with Crippen molar-refractivity contribution in [2.45, 2.75) is 24.8 Å². The molecule has 1 aliphatic carbocycles. The molecule has 1 atom stereocenters. The summed E-state index contributed by atoms with van der Waals surface area (Å²) < 4.78 is 12.5. The summed E-state index contributed by atoms with van der Waals surface area (Å²) in [4.78, 5) is 12.4. The van der Waals surface area contributed by atoms with Crippen LogP contribution >= 0.6 is 12.4 Å². The van der Waals surface area contributed by atoms with Crippen LogP contribution in [0.4, 0.5) is 5.69 Å². The van der Waals surface area contributed by atoms with Crippen LogP contribution in [0, 0.1) is 0 Å². The lowest BCUT2D eigenvalue weighted by Crippen LogP contribution is -2.48. The molecule has 26 heavy (non-hydrogen) atoms. The van der Waals surface area contributed by atoms with Crippen molar-refractivity contribution < 1.29 is 14.3 Å². The average molecular weight is 381 g/mol. The van der Waals surface area contributed by atoms with Crippen molar-refractivity contribution in [2.75, 3.05) is 32.2 Å². The number of morpholine rings is 1. The van der Waals surface area contributed by atoms with Crippen molar-refractivity contribution in [3.63, 3.8) is 0 Å². The maximum Gasteiger partial charge on any atom is 0.243 e. The first-order valence-electron chi connectivity index (χ1n) is 8.35. The second-order valence-corrected chi connectivity index (χ2v) is 6.18. The smallest absolute Gasteiger partial charge is 0.243 e. The monoisotopic (exact) mass is 380 g/mol. The predicted molar refractivity (Wildman–Crippen MR) is 96.2 cm³/mol. The Morgan fingerprint density at radius 1 is 1.42 bits per heavy atom. The lowest BCUT2D eigenvalue weighted by Gasteiger charge is -2.23. The average Bonchev–Trinajstić information content (AvgIpc) is 3.39. The Bertz CT molecular complexity index is 773. The molecule has 0 radical (unpaired) electrons. The number of aromatic nitrogens is 4. The zero-order valence-electron chi connectivity index (χ0n) is 14.3. The number of ether oxygens (including phenoxy) is 2. The van der Waals surface area contributed by atoms with Crippen molar-refractivity contribution >= 4 is 24.0 Å². The van der Waals surface area contributed by atoms with Crippen molar-refractivity contribution in [3.05, 3.63) is 24.0 Å². The Kier molecular flexibility index (Phi) is 5.70. The topological polar surface area (TPSA) is 103 Å². The van der Waals surface area contributed by atoms with E-state index in [-0.39, 0.29) is 24.4 Å². The molecule has 2 aliphatic rings. The van der Waals surface area contributed by atoms with E-state index in [2.05, 4.69) is 26.2 Å². The van der Waals surface area contributed by atoms with Gasteiger partial charge < -0.3 is 20.1 Å². The van der Waals surface area contributed by atoms with Crippen LogP contribution in [0.2, 0.25) is 0 Å². The Hall–Kier alpha value is -2.23. The van der Waals surface area contributed by atoms with Gasteiger partial charge in [-0.25, -0.2) is 0 Å². The summed E-state index contributed by atoms with van der Waals surface area (Å²) in [5.41, 5.74) is 1.37. The molecule has 0 spiro atoms. The molecule has 10 heteroatoms. The van der Waals surface area contributed by atoms with E-state index in [1.54, 1.807) is 23.9 Å². The summed E-state index contributed by atoms with van der Waals surface area (Å²) in [5.74, 6) is 1.73. The van der Waals surface area contributed by atoms with Gasteiger partial charge in [0.2, 0.25) is 5.91 Å². The molecule has 2 heterocycles. The zero-order chi connectivity index (χ0) is 17.2. The predicted octanol–water partition coefficient (Wildman–Crippen LogP) is 0.897. The number of halogens is 1. The van der Waals surface area contributed by atoms with Gasteiger partial charge in [-0.1, -0.05) is 0 Å². The van der Waals surface area contributed by atoms with Crippen LogP contribution in [-0.4, -0.2) is 59.0 Å². The van der Waals surface area contributed by atoms with Crippen LogP contribution in [0.3, 0.4) is 0 Å². The molecule has 1 saturated heterocycles. The maximum atomic E-state index is 12.4. The number of amides is 1. The minimum absolute atomic E-state index is 0. The number of anilines is 1. The number of benzene rings is 1. The van der Waals surface area contributed by atoms with E-state index in [0.29, 0.717) is 42.8 Å². The number of carbonyl (C=O) groups excluding carboxylic acids is 1. The second-order valence-electron chi connectivity index (χ2n) is 6.18. The first-order valence-corrected chi connectivity index (χ1v) is 8.35. The number of methoxy groups -OCH3 is 1. The molecule has 2 fully saturated rings. The number of carbonyl (C=O) groups is 1. The van der Waals surface area contributed by atoms with Gasteiger partial charge >= 0.3 is 0 Å². The molecule has 4 rings (SSSR count). The highest BCUT2D eigenvalue weighted by atomic mass is 35.5. The summed E-state index contributed by atoms with van der Waals surface area (Å²) in [7, 11) is 1.60. The SMILES string of the molecule is COc1ccc(NC(=O)C2COCCN2)cc1-n1nnnc1C1CC1.Cl. The fraction of sp³-hybridized carbons (Fsp3) is 0.500. The molecule has 0 bridgehead atoms. The Morgan fingerprint density at radius 2 is 2.27 bits per heavy atom. The third kappa shape index (κ3) is 3.79. The molecule has 9 nitrogen and oxygen atoms in total. The molecule has 1 saturated carbocycles. The fourth-order valence-corrected chi connectivity index (χ4v) is 2.86. The molecule has 140 valence electrons. The standard InChI is InChI=1S/C16H20N6O3.ClH/c1-24-14-5-4-11(18-16(23)12-9-25-7-6-17-12)8-13(14)22-15(10-2-3-10)19-20-21-22;/h4-5,8,10,12,17H,2-3,6-7,9H2,1H3,(H,18,23);1H. The van der Waals surface area contributed by atoms with E-state index in [0.717, 1.165) is 18.7 Å². The fourth-order valence-electron chi connectivity index (χ4n) is 2.86. The quantitative estimate of drug-likeness (QED) is 0.794. The molecule has 2 N–H and O–H groups in total.